The number of hydrogen-bond donors (Lipinski definition) is 1. The zero-order valence-electron chi connectivity index (χ0n) is 6.64. The Labute approximate surface area is 73.9 Å². The molecule has 0 bridgehead atoms. The van der Waals surface area contributed by atoms with E-state index in [4.69, 9.17) is 5.11 Å². The Bertz CT molecular complexity index is 468. The van der Waals surface area contributed by atoms with Gasteiger partial charge in [-0.3, -0.25) is 0 Å². The van der Waals surface area contributed by atoms with Gasteiger partial charge in [0, 0.05) is 11.6 Å². The van der Waals surface area contributed by atoms with Gasteiger partial charge >= 0.3 is 5.97 Å². The third-order valence-corrected chi connectivity index (χ3v) is 1.68. The molecule has 2 aromatic rings. The van der Waals surface area contributed by atoms with Gasteiger partial charge in [-0.1, -0.05) is 18.2 Å². The van der Waals surface area contributed by atoms with Crippen LogP contribution in [-0.2, 0) is 0 Å². The van der Waals surface area contributed by atoms with E-state index in [1.165, 1.54) is 6.20 Å². The first-order chi connectivity index (χ1) is 6.27. The number of carbonyl (C=O) groups is 1. The topological polar surface area (TPSA) is 63.1 Å². The lowest BCUT2D eigenvalue weighted by Crippen LogP contribution is -2.03. The average molecular weight is 174 g/mol. The van der Waals surface area contributed by atoms with Gasteiger partial charge in [0.2, 0.25) is 5.82 Å². The van der Waals surface area contributed by atoms with Gasteiger partial charge < -0.3 is 5.11 Å². The number of para-hydroxylation sites is 1. The number of hydrogen-bond acceptors (Lipinski definition) is 3. The van der Waals surface area contributed by atoms with Crippen LogP contribution in [0.4, 0.5) is 0 Å². The molecule has 0 unspecified atom stereocenters. The number of nitrogens with zero attached hydrogens (tertiary/aromatic N) is 2. The van der Waals surface area contributed by atoms with Crippen LogP contribution in [-0.4, -0.2) is 21.0 Å². The van der Waals surface area contributed by atoms with Crippen LogP contribution < -0.4 is 0 Å². The van der Waals surface area contributed by atoms with Crippen LogP contribution in [0.5, 0.6) is 0 Å². The van der Waals surface area contributed by atoms with Crippen molar-refractivity contribution >= 4 is 16.9 Å². The Hall–Kier alpha value is -1.97. The van der Waals surface area contributed by atoms with Gasteiger partial charge in [-0.25, -0.2) is 14.8 Å². The van der Waals surface area contributed by atoms with Gasteiger partial charge in [-0.2, -0.15) is 0 Å². The van der Waals surface area contributed by atoms with Gasteiger partial charge in [0.05, 0.1) is 5.52 Å². The fourth-order valence-electron chi connectivity index (χ4n) is 1.08. The molecule has 0 spiro atoms. The molecular weight excluding hydrogens is 168 g/mol. The molecule has 0 aliphatic carbocycles. The molecule has 0 saturated heterocycles. The predicted molar refractivity (Wildman–Crippen MR) is 46.5 cm³/mol. The third-order valence-electron chi connectivity index (χ3n) is 1.68. The maximum Gasteiger partial charge on any atom is 0.373 e. The highest BCUT2D eigenvalue weighted by Gasteiger charge is 2.05. The number of aromatic nitrogens is 2. The van der Waals surface area contributed by atoms with Crippen LogP contribution in [0, 0.1) is 0 Å². The van der Waals surface area contributed by atoms with E-state index >= 15 is 0 Å². The van der Waals surface area contributed by atoms with Crippen molar-refractivity contribution in [3.05, 3.63) is 36.3 Å². The Morgan fingerprint density at radius 1 is 1.31 bits per heavy atom. The lowest BCUT2D eigenvalue weighted by molar-refractivity contribution is 0.0684. The van der Waals surface area contributed by atoms with E-state index in [1.54, 1.807) is 12.1 Å². The summed E-state index contributed by atoms with van der Waals surface area (Å²) in [4.78, 5) is 18.1. The standard InChI is InChI=1S/C9H6N2O2/c12-9(13)8-10-5-6-3-1-2-4-7(6)11-8/h1-5H,(H,12,13). The van der Waals surface area contributed by atoms with Crippen LogP contribution in [0.25, 0.3) is 10.9 Å². The van der Waals surface area contributed by atoms with Crippen LogP contribution in [0.3, 0.4) is 0 Å². The van der Waals surface area contributed by atoms with E-state index in [0.29, 0.717) is 5.52 Å². The quantitative estimate of drug-likeness (QED) is 0.708. The van der Waals surface area contributed by atoms with Gasteiger partial charge in [0.15, 0.2) is 0 Å². The summed E-state index contributed by atoms with van der Waals surface area (Å²) in [5, 5.41) is 9.46. The van der Waals surface area contributed by atoms with Crippen molar-refractivity contribution in [2.45, 2.75) is 0 Å². The second-order valence-electron chi connectivity index (χ2n) is 2.56. The maximum absolute atomic E-state index is 10.5. The molecule has 0 fully saturated rings. The molecule has 4 heteroatoms. The Morgan fingerprint density at radius 3 is 2.85 bits per heavy atom. The molecule has 1 heterocycles. The molecule has 1 aromatic carbocycles. The highest BCUT2D eigenvalue weighted by molar-refractivity contribution is 5.87. The first-order valence-corrected chi connectivity index (χ1v) is 3.72. The Balaban J connectivity index is 2.69. The summed E-state index contributed by atoms with van der Waals surface area (Å²) in [6, 6.07) is 7.25. The summed E-state index contributed by atoms with van der Waals surface area (Å²) >= 11 is 0. The molecule has 1 N–H and O–H groups in total. The first-order valence-electron chi connectivity index (χ1n) is 3.72. The van der Waals surface area contributed by atoms with Crippen molar-refractivity contribution in [1.29, 1.82) is 0 Å². The van der Waals surface area contributed by atoms with Gasteiger partial charge in [0.25, 0.3) is 0 Å². The molecular formula is C9H6N2O2. The molecule has 13 heavy (non-hydrogen) atoms. The van der Waals surface area contributed by atoms with Crippen molar-refractivity contribution in [2.24, 2.45) is 0 Å². The summed E-state index contributed by atoms with van der Waals surface area (Å²) in [5.74, 6) is -1.27. The molecule has 0 amide bonds. The van der Waals surface area contributed by atoms with Crippen LogP contribution in [0.2, 0.25) is 0 Å². The Kier molecular flexibility index (Phi) is 1.66. The van der Waals surface area contributed by atoms with E-state index in [1.807, 2.05) is 12.1 Å². The molecule has 0 aliphatic rings. The zero-order chi connectivity index (χ0) is 9.26. The van der Waals surface area contributed by atoms with Crippen LogP contribution in [0.15, 0.2) is 30.5 Å². The number of aromatic carboxylic acids is 1. The summed E-state index contributed by atoms with van der Waals surface area (Å²) < 4.78 is 0. The third kappa shape index (κ3) is 1.33. The van der Waals surface area contributed by atoms with E-state index in [9.17, 15) is 4.79 Å². The zero-order valence-corrected chi connectivity index (χ0v) is 6.64. The summed E-state index contributed by atoms with van der Waals surface area (Å²) in [7, 11) is 0. The van der Waals surface area contributed by atoms with E-state index in [2.05, 4.69) is 9.97 Å². The SMILES string of the molecule is O=C(O)c1ncc2ccccc2n1. The van der Waals surface area contributed by atoms with Crippen molar-refractivity contribution < 1.29 is 9.90 Å². The smallest absolute Gasteiger partial charge is 0.373 e. The van der Waals surface area contributed by atoms with Crippen molar-refractivity contribution in [3.8, 4) is 0 Å². The van der Waals surface area contributed by atoms with Crippen molar-refractivity contribution in [3.63, 3.8) is 0 Å². The summed E-state index contributed by atoms with van der Waals surface area (Å²) in [6.45, 7) is 0. The lowest BCUT2D eigenvalue weighted by Gasteiger charge is -1.96. The van der Waals surface area contributed by atoms with Crippen LogP contribution >= 0.6 is 0 Å². The van der Waals surface area contributed by atoms with Gasteiger partial charge in [-0.15, -0.1) is 0 Å². The Morgan fingerprint density at radius 2 is 2.08 bits per heavy atom. The average Bonchev–Trinajstić information content (AvgIpc) is 2.17. The molecule has 0 radical (unpaired) electrons. The molecule has 0 aliphatic heterocycles. The molecule has 0 atom stereocenters. The first kappa shape index (κ1) is 7.67. The molecule has 2 rings (SSSR count). The number of carboxylic acid groups (broad SMARTS) is 1. The number of benzene rings is 1. The van der Waals surface area contributed by atoms with E-state index in [-0.39, 0.29) is 5.82 Å². The lowest BCUT2D eigenvalue weighted by atomic mass is 10.2. The normalized spacial score (nSPS) is 10.2. The maximum atomic E-state index is 10.5. The van der Waals surface area contributed by atoms with Crippen molar-refractivity contribution in [2.75, 3.05) is 0 Å². The second kappa shape index (κ2) is 2.82. The number of carboxylic acids is 1. The van der Waals surface area contributed by atoms with Crippen molar-refractivity contribution in [1.82, 2.24) is 9.97 Å². The molecule has 64 valence electrons. The fourth-order valence-corrected chi connectivity index (χ4v) is 1.08. The molecule has 0 saturated carbocycles. The number of rotatable bonds is 1. The minimum absolute atomic E-state index is 0.168. The van der Waals surface area contributed by atoms with Crippen LogP contribution in [0.1, 0.15) is 10.6 Å². The molecule has 4 nitrogen and oxygen atoms in total. The fraction of sp³-hybridized carbons (Fsp3) is 0. The summed E-state index contributed by atoms with van der Waals surface area (Å²) in [5.41, 5.74) is 0.648. The minimum Gasteiger partial charge on any atom is -0.475 e. The van der Waals surface area contributed by atoms with Gasteiger partial charge in [-0.05, 0) is 6.07 Å². The monoisotopic (exact) mass is 174 g/mol. The largest absolute Gasteiger partial charge is 0.475 e. The van der Waals surface area contributed by atoms with Gasteiger partial charge in [0.1, 0.15) is 0 Å². The number of fused-ring (bicyclic) bond motifs is 1. The second-order valence-corrected chi connectivity index (χ2v) is 2.56. The highest BCUT2D eigenvalue weighted by Crippen LogP contribution is 2.08. The van der Waals surface area contributed by atoms with E-state index in [0.717, 1.165) is 5.39 Å². The highest BCUT2D eigenvalue weighted by atomic mass is 16.4. The summed E-state index contributed by atoms with van der Waals surface area (Å²) in [6.07, 6.45) is 1.51. The molecule has 1 aromatic heterocycles. The minimum atomic E-state index is -1.11. The van der Waals surface area contributed by atoms with E-state index < -0.39 is 5.97 Å². The predicted octanol–water partition coefficient (Wildman–Crippen LogP) is 1.33.